The molecule has 2 rings (SSSR count). The molecule has 2 aromatic rings. The molecule has 0 aliphatic rings. The van der Waals surface area contributed by atoms with Crippen molar-refractivity contribution in [1.82, 2.24) is 0 Å². The fourth-order valence-electron chi connectivity index (χ4n) is 2.47. The molecule has 4 heteroatoms. The fraction of sp³-hybridized carbons (Fsp3) is 0.421. The Morgan fingerprint density at radius 1 is 1.00 bits per heavy atom. The summed E-state index contributed by atoms with van der Waals surface area (Å²) in [4.78, 5) is 12.1. The van der Waals surface area contributed by atoms with Crippen molar-refractivity contribution in [2.45, 2.75) is 45.4 Å². The zero-order chi connectivity index (χ0) is 16.5. The highest BCUT2D eigenvalue weighted by Gasteiger charge is 2.10. The van der Waals surface area contributed by atoms with Gasteiger partial charge in [-0.15, -0.1) is 0 Å². The topological polar surface area (TPSA) is 54.3 Å². The van der Waals surface area contributed by atoms with Crippen molar-refractivity contribution < 1.29 is 9.21 Å². The first kappa shape index (κ1) is 17.1. The van der Waals surface area contributed by atoms with Crippen LogP contribution < -0.4 is 10.6 Å². The van der Waals surface area contributed by atoms with Crippen molar-refractivity contribution in [3.63, 3.8) is 0 Å². The van der Waals surface area contributed by atoms with Gasteiger partial charge in [0.2, 0.25) is 0 Å². The molecule has 0 spiro atoms. The Balaban J connectivity index is 1.81. The third kappa shape index (κ3) is 5.47. The van der Waals surface area contributed by atoms with Gasteiger partial charge in [-0.3, -0.25) is 4.79 Å². The Morgan fingerprint density at radius 2 is 1.74 bits per heavy atom. The fourth-order valence-corrected chi connectivity index (χ4v) is 2.47. The summed E-state index contributed by atoms with van der Waals surface area (Å²) in [6.07, 6.45) is 7.54. The average molecular weight is 314 g/mol. The highest BCUT2D eigenvalue weighted by atomic mass is 16.4. The lowest BCUT2D eigenvalue weighted by Gasteiger charge is -2.06. The second-order valence-electron chi connectivity index (χ2n) is 5.73. The van der Waals surface area contributed by atoms with Crippen LogP contribution in [0.15, 0.2) is 40.8 Å². The number of carbonyl (C=O) groups is 1. The molecule has 0 atom stereocenters. The van der Waals surface area contributed by atoms with Gasteiger partial charge in [-0.1, -0.05) is 44.7 Å². The molecule has 0 radical (unpaired) electrons. The molecular weight excluding hydrogens is 288 g/mol. The normalized spacial score (nSPS) is 10.5. The zero-order valence-corrected chi connectivity index (χ0v) is 14.0. The van der Waals surface area contributed by atoms with Crippen LogP contribution in [-0.4, -0.2) is 13.0 Å². The van der Waals surface area contributed by atoms with Crippen molar-refractivity contribution in [3.8, 4) is 0 Å². The van der Waals surface area contributed by atoms with Crippen LogP contribution >= 0.6 is 0 Å². The summed E-state index contributed by atoms with van der Waals surface area (Å²) in [6.45, 7) is 2.23. The second-order valence-corrected chi connectivity index (χ2v) is 5.73. The summed E-state index contributed by atoms with van der Waals surface area (Å²) in [6, 6.07) is 11.4. The monoisotopic (exact) mass is 314 g/mol. The maximum Gasteiger partial charge on any atom is 0.291 e. The van der Waals surface area contributed by atoms with Gasteiger partial charge in [0.25, 0.3) is 5.91 Å². The lowest BCUT2D eigenvalue weighted by molar-refractivity contribution is 0.0997. The molecule has 1 amide bonds. The third-order valence-electron chi connectivity index (χ3n) is 3.86. The molecule has 0 unspecified atom stereocenters. The van der Waals surface area contributed by atoms with Crippen LogP contribution in [0.1, 0.15) is 55.1 Å². The molecule has 1 aromatic heterocycles. The van der Waals surface area contributed by atoms with Crippen molar-refractivity contribution >= 4 is 17.5 Å². The minimum atomic E-state index is -0.237. The van der Waals surface area contributed by atoms with Crippen LogP contribution in [-0.2, 0) is 6.42 Å². The van der Waals surface area contributed by atoms with Crippen molar-refractivity contribution in [1.29, 1.82) is 0 Å². The molecule has 1 heterocycles. The molecule has 23 heavy (non-hydrogen) atoms. The summed E-state index contributed by atoms with van der Waals surface area (Å²) < 4.78 is 5.35. The number of hydrogen-bond acceptors (Lipinski definition) is 3. The zero-order valence-electron chi connectivity index (χ0n) is 14.0. The van der Waals surface area contributed by atoms with Crippen LogP contribution in [0, 0.1) is 0 Å². The van der Waals surface area contributed by atoms with E-state index in [-0.39, 0.29) is 5.91 Å². The maximum atomic E-state index is 12.1. The van der Waals surface area contributed by atoms with E-state index in [2.05, 4.69) is 29.7 Å². The van der Waals surface area contributed by atoms with Gasteiger partial charge in [-0.2, -0.15) is 0 Å². The van der Waals surface area contributed by atoms with Crippen molar-refractivity contribution in [3.05, 3.63) is 47.7 Å². The molecular formula is C19H26N2O2. The van der Waals surface area contributed by atoms with Crippen LogP contribution in [0.3, 0.4) is 0 Å². The number of hydrogen-bond donors (Lipinski definition) is 2. The van der Waals surface area contributed by atoms with E-state index in [1.807, 2.05) is 12.1 Å². The smallest absolute Gasteiger partial charge is 0.291 e. The van der Waals surface area contributed by atoms with Gasteiger partial charge in [0, 0.05) is 18.8 Å². The van der Waals surface area contributed by atoms with Crippen LogP contribution in [0.5, 0.6) is 0 Å². The predicted octanol–water partition coefficient (Wildman–Crippen LogP) is 5.09. The molecule has 0 aliphatic carbocycles. The van der Waals surface area contributed by atoms with Crippen molar-refractivity contribution in [2.24, 2.45) is 0 Å². The quantitative estimate of drug-likeness (QED) is 0.634. The minimum absolute atomic E-state index is 0.237. The SMILES string of the molecule is CCCCCCCc1ccc(NC(=O)c2ccc(NC)o2)cc1. The number of unbranched alkanes of at least 4 members (excludes halogenated alkanes) is 4. The van der Waals surface area contributed by atoms with E-state index in [4.69, 9.17) is 4.42 Å². The third-order valence-corrected chi connectivity index (χ3v) is 3.86. The summed E-state index contributed by atoms with van der Waals surface area (Å²) in [5.74, 6) is 0.640. The summed E-state index contributed by atoms with van der Waals surface area (Å²) >= 11 is 0. The number of furan rings is 1. The first-order chi connectivity index (χ1) is 11.2. The first-order valence-corrected chi connectivity index (χ1v) is 8.41. The Bertz CT molecular complexity index is 602. The molecule has 0 saturated carbocycles. The van der Waals surface area contributed by atoms with Gasteiger partial charge in [-0.05, 0) is 36.6 Å². The lowest BCUT2D eigenvalue weighted by Crippen LogP contribution is -2.10. The van der Waals surface area contributed by atoms with Gasteiger partial charge in [0.1, 0.15) is 0 Å². The number of benzene rings is 1. The summed E-state index contributed by atoms with van der Waals surface area (Å²) in [5.41, 5.74) is 2.10. The molecule has 0 fully saturated rings. The standard InChI is InChI=1S/C19H26N2O2/c1-3-4-5-6-7-8-15-9-11-16(12-10-15)21-19(22)17-13-14-18(20-2)23-17/h9-14,20H,3-8H2,1-2H3,(H,21,22). The Labute approximate surface area is 138 Å². The first-order valence-electron chi connectivity index (χ1n) is 8.41. The van der Waals surface area contributed by atoms with E-state index in [1.54, 1.807) is 19.2 Å². The molecule has 0 saturated heterocycles. The number of anilines is 2. The highest BCUT2D eigenvalue weighted by Crippen LogP contribution is 2.16. The summed E-state index contributed by atoms with van der Waals surface area (Å²) in [7, 11) is 1.75. The van der Waals surface area contributed by atoms with Gasteiger partial charge in [0.15, 0.2) is 11.6 Å². The van der Waals surface area contributed by atoms with Crippen LogP contribution in [0.4, 0.5) is 11.6 Å². The van der Waals surface area contributed by atoms with Crippen LogP contribution in [0.2, 0.25) is 0 Å². The predicted molar refractivity (Wildman–Crippen MR) is 95.1 cm³/mol. The second kappa shape index (κ2) is 9.03. The molecule has 1 aromatic carbocycles. The molecule has 0 aliphatic heterocycles. The largest absolute Gasteiger partial charge is 0.436 e. The molecule has 0 bridgehead atoms. The van der Waals surface area contributed by atoms with E-state index in [0.717, 1.165) is 12.1 Å². The Morgan fingerprint density at radius 3 is 2.39 bits per heavy atom. The lowest BCUT2D eigenvalue weighted by atomic mass is 10.1. The number of rotatable bonds is 9. The van der Waals surface area contributed by atoms with E-state index >= 15 is 0 Å². The number of carbonyl (C=O) groups excluding carboxylic acids is 1. The molecule has 2 N–H and O–H groups in total. The highest BCUT2D eigenvalue weighted by molar-refractivity contribution is 6.02. The minimum Gasteiger partial charge on any atom is -0.436 e. The van der Waals surface area contributed by atoms with E-state index < -0.39 is 0 Å². The molecule has 4 nitrogen and oxygen atoms in total. The van der Waals surface area contributed by atoms with Gasteiger partial charge in [0.05, 0.1) is 0 Å². The van der Waals surface area contributed by atoms with E-state index in [0.29, 0.717) is 11.6 Å². The molecule has 124 valence electrons. The summed E-state index contributed by atoms with van der Waals surface area (Å²) in [5, 5.41) is 5.71. The number of nitrogens with one attached hydrogen (secondary N) is 2. The van der Waals surface area contributed by atoms with Gasteiger partial charge >= 0.3 is 0 Å². The van der Waals surface area contributed by atoms with Crippen LogP contribution in [0.25, 0.3) is 0 Å². The maximum absolute atomic E-state index is 12.1. The Kier molecular flexibility index (Phi) is 6.73. The van der Waals surface area contributed by atoms with Crippen molar-refractivity contribution in [2.75, 3.05) is 17.7 Å². The van der Waals surface area contributed by atoms with E-state index in [9.17, 15) is 4.79 Å². The van der Waals surface area contributed by atoms with Gasteiger partial charge < -0.3 is 15.1 Å². The average Bonchev–Trinajstić information content (AvgIpc) is 3.05. The Hall–Kier alpha value is -2.23. The number of aryl methyl sites for hydroxylation is 1. The number of amides is 1. The van der Waals surface area contributed by atoms with Gasteiger partial charge in [-0.25, -0.2) is 0 Å². The van der Waals surface area contributed by atoms with E-state index in [1.165, 1.54) is 37.7 Å².